The number of benzene rings is 1. The highest BCUT2D eigenvalue weighted by molar-refractivity contribution is 5.95. The predicted molar refractivity (Wildman–Crippen MR) is 140 cm³/mol. The van der Waals surface area contributed by atoms with Crippen molar-refractivity contribution in [1.82, 2.24) is 20.4 Å². The Morgan fingerprint density at radius 2 is 1.76 bits per heavy atom. The van der Waals surface area contributed by atoms with Gasteiger partial charge in [-0.2, -0.15) is 0 Å². The number of fused-ring (bicyclic) bond motifs is 18. The monoisotopic (exact) mass is 532 g/mol. The summed E-state index contributed by atoms with van der Waals surface area (Å²) >= 11 is 0. The maximum atomic E-state index is 13.2. The first-order valence-electron chi connectivity index (χ1n) is 13.3. The van der Waals surface area contributed by atoms with Gasteiger partial charge in [-0.05, 0) is 57.2 Å². The molecule has 4 rings (SSSR count). The van der Waals surface area contributed by atoms with E-state index in [1.165, 1.54) is 7.11 Å². The second-order valence-corrected chi connectivity index (χ2v) is 9.73. The second-order valence-electron chi connectivity index (χ2n) is 9.73. The number of carbonyl (C=O) groups excluding carboxylic acids is 4. The van der Waals surface area contributed by atoms with Gasteiger partial charge in [-0.15, -0.1) is 0 Å². The van der Waals surface area contributed by atoms with Gasteiger partial charge >= 0.3 is 0 Å². The molecule has 4 amide bonds. The highest BCUT2D eigenvalue weighted by atomic mass is 16.5. The largest absolute Gasteiger partial charge is 0.493 e. The number of hydrogen-bond donors (Lipinski definition) is 2. The number of likely N-dealkylation sites (N-methyl/N-ethyl adjacent to an activating group) is 1. The normalized spacial score (nSPS) is 21.7. The van der Waals surface area contributed by atoms with Gasteiger partial charge in [0.2, 0.25) is 11.8 Å². The predicted octanol–water partition coefficient (Wildman–Crippen LogP) is 1.21. The molecule has 0 aliphatic carbocycles. The van der Waals surface area contributed by atoms with Crippen molar-refractivity contribution < 1.29 is 33.4 Å². The minimum atomic E-state index is -0.718. The van der Waals surface area contributed by atoms with Crippen LogP contribution in [0.15, 0.2) is 18.2 Å². The fourth-order valence-electron chi connectivity index (χ4n) is 4.62. The maximum Gasteiger partial charge on any atom is 0.258 e. The number of hydrogen-bond acceptors (Lipinski definition) is 7. The minimum absolute atomic E-state index is 0.0465. The summed E-state index contributed by atoms with van der Waals surface area (Å²) in [4.78, 5) is 54.6. The average molecular weight is 533 g/mol. The van der Waals surface area contributed by atoms with Gasteiger partial charge in [0.25, 0.3) is 11.8 Å². The molecule has 2 bridgehead atoms. The molecule has 38 heavy (non-hydrogen) atoms. The molecule has 11 nitrogen and oxygen atoms in total. The van der Waals surface area contributed by atoms with E-state index in [1.54, 1.807) is 37.1 Å². The maximum absolute atomic E-state index is 13.2. The number of carbonyl (C=O) groups is 4. The molecule has 3 aliphatic heterocycles. The van der Waals surface area contributed by atoms with Crippen LogP contribution < -0.4 is 20.1 Å². The van der Waals surface area contributed by atoms with E-state index in [9.17, 15) is 19.2 Å². The fourth-order valence-corrected chi connectivity index (χ4v) is 4.62. The lowest BCUT2D eigenvalue weighted by molar-refractivity contribution is -0.139. The summed E-state index contributed by atoms with van der Waals surface area (Å²) in [5, 5.41) is 5.56. The van der Waals surface area contributed by atoms with Crippen molar-refractivity contribution in [3.8, 4) is 11.5 Å². The van der Waals surface area contributed by atoms with Crippen molar-refractivity contribution in [3.63, 3.8) is 0 Å². The number of amides is 4. The number of rotatable bonds is 2. The van der Waals surface area contributed by atoms with Crippen molar-refractivity contribution >= 4 is 23.6 Å². The third kappa shape index (κ3) is 8.34. The van der Waals surface area contributed by atoms with E-state index in [2.05, 4.69) is 10.6 Å². The Kier molecular flexibility index (Phi) is 11.2. The number of methoxy groups -OCH3 is 1. The Hall–Kier alpha value is -3.34. The van der Waals surface area contributed by atoms with Crippen LogP contribution in [0.1, 0.15) is 49.4 Å². The van der Waals surface area contributed by atoms with Gasteiger partial charge in [0.05, 0.1) is 7.11 Å². The summed E-state index contributed by atoms with van der Waals surface area (Å²) in [7, 11) is 3.16. The molecule has 210 valence electrons. The first-order chi connectivity index (χ1) is 18.3. The van der Waals surface area contributed by atoms with Crippen LogP contribution >= 0.6 is 0 Å². The summed E-state index contributed by atoms with van der Waals surface area (Å²) < 4.78 is 16.3. The molecule has 2 N–H and O–H groups in total. The van der Waals surface area contributed by atoms with Crippen LogP contribution in [0.5, 0.6) is 11.5 Å². The molecule has 0 aromatic heterocycles. The summed E-state index contributed by atoms with van der Waals surface area (Å²) in [5.41, 5.74) is 0.391. The van der Waals surface area contributed by atoms with Gasteiger partial charge in [-0.25, -0.2) is 0 Å². The minimum Gasteiger partial charge on any atom is -0.493 e. The van der Waals surface area contributed by atoms with E-state index in [0.29, 0.717) is 82.1 Å². The third-order valence-electron chi connectivity index (χ3n) is 6.85. The van der Waals surface area contributed by atoms with Gasteiger partial charge < -0.3 is 34.6 Å². The van der Waals surface area contributed by atoms with Crippen LogP contribution in [-0.2, 0) is 19.1 Å². The lowest BCUT2D eigenvalue weighted by Crippen LogP contribution is -2.47. The quantitative estimate of drug-likeness (QED) is 0.548. The second kappa shape index (κ2) is 14.6. The van der Waals surface area contributed by atoms with Crippen LogP contribution in [-0.4, -0.2) is 99.6 Å². The van der Waals surface area contributed by atoms with Gasteiger partial charge in [0.1, 0.15) is 6.04 Å². The van der Waals surface area contributed by atoms with Crippen molar-refractivity contribution in [3.05, 3.63) is 23.8 Å². The van der Waals surface area contributed by atoms with E-state index < -0.39 is 11.9 Å². The topological polar surface area (TPSA) is 127 Å². The summed E-state index contributed by atoms with van der Waals surface area (Å²) in [5.74, 6) is -0.218. The zero-order chi connectivity index (χ0) is 27.5. The Bertz CT molecular complexity index is 980. The lowest BCUT2D eigenvalue weighted by atomic mass is 9.98. The molecular formula is C27H40N4O7. The molecule has 1 aromatic carbocycles. The van der Waals surface area contributed by atoms with Crippen molar-refractivity contribution in [2.75, 3.05) is 60.2 Å². The van der Waals surface area contributed by atoms with E-state index in [0.717, 1.165) is 6.42 Å². The molecule has 1 atom stereocenters. The zero-order valence-electron chi connectivity index (χ0n) is 22.6. The molecule has 1 fully saturated rings. The smallest absolute Gasteiger partial charge is 0.258 e. The molecule has 1 saturated heterocycles. The van der Waals surface area contributed by atoms with Gasteiger partial charge in [0, 0.05) is 57.9 Å². The van der Waals surface area contributed by atoms with Crippen molar-refractivity contribution in [2.24, 2.45) is 5.92 Å². The first kappa shape index (κ1) is 29.2. The van der Waals surface area contributed by atoms with Crippen molar-refractivity contribution in [1.29, 1.82) is 0 Å². The Morgan fingerprint density at radius 1 is 1.05 bits per heavy atom. The van der Waals surface area contributed by atoms with E-state index >= 15 is 0 Å². The molecule has 1 aromatic rings. The summed E-state index contributed by atoms with van der Waals surface area (Å²) in [6.07, 6.45) is 3.50. The Morgan fingerprint density at radius 3 is 2.50 bits per heavy atom. The molecule has 0 radical (unpaired) electrons. The highest BCUT2D eigenvalue weighted by Gasteiger charge is 2.26. The van der Waals surface area contributed by atoms with E-state index in [4.69, 9.17) is 14.2 Å². The summed E-state index contributed by atoms with van der Waals surface area (Å²) in [6, 6.07) is 3.99. The van der Waals surface area contributed by atoms with Crippen LogP contribution in [0.2, 0.25) is 0 Å². The molecule has 0 spiro atoms. The standard InChI is InChI=1S/C27H40N4O7/c1-19-26(34)30(2)12-4-5-13-31(27(35)20-9-15-37-16-10-20)14-6-11-28-25(33)21-7-8-22(23(17-21)36-3)38-18-24(32)29-19/h7-8,17,19-20H,4-6,9-16,18H2,1-3H3,(H,28,33)(H,29,32)/t19-/m0/s1. The van der Waals surface area contributed by atoms with E-state index in [1.807, 2.05) is 4.90 Å². The molecule has 3 heterocycles. The van der Waals surface area contributed by atoms with Crippen LogP contribution in [0, 0.1) is 5.92 Å². The molecule has 11 heteroatoms. The highest BCUT2D eigenvalue weighted by Crippen LogP contribution is 2.28. The number of nitrogens with zero attached hydrogens (tertiary/aromatic N) is 2. The number of ether oxygens (including phenoxy) is 3. The van der Waals surface area contributed by atoms with Gasteiger partial charge in [-0.1, -0.05) is 0 Å². The molecule has 0 saturated carbocycles. The molecule has 3 aliphatic rings. The van der Waals surface area contributed by atoms with Gasteiger partial charge in [-0.3, -0.25) is 19.2 Å². The van der Waals surface area contributed by atoms with Crippen LogP contribution in [0.3, 0.4) is 0 Å². The van der Waals surface area contributed by atoms with Crippen molar-refractivity contribution in [2.45, 2.75) is 45.1 Å². The van der Waals surface area contributed by atoms with E-state index in [-0.39, 0.29) is 30.2 Å². The van der Waals surface area contributed by atoms with Crippen LogP contribution in [0.25, 0.3) is 0 Å². The SMILES string of the molecule is COc1cc2ccc1OCC(=O)N[C@@H](C)C(=O)N(C)CCCCN(C(=O)C1CCOCC1)CCCNC2=O. The summed E-state index contributed by atoms with van der Waals surface area (Å²) in [6.45, 7) is 4.54. The Labute approximate surface area is 224 Å². The first-order valence-corrected chi connectivity index (χ1v) is 13.3. The van der Waals surface area contributed by atoms with Crippen LogP contribution in [0.4, 0.5) is 0 Å². The third-order valence-corrected chi connectivity index (χ3v) is 6.85. The average Bonchev–Trinajstić information content (AvgIpc) is 2.93. The van der Waals surface area contributed by atoms with Gasteiger partial charge in [0.15, 0.2) is 18.1 Å². The molecular weight excluding hydrogens is 492 g/mol. The molecule has 0 unspecified atom stereocenters. The zero-order valence-corrected chi connectivity index (χ0v) is 22.6. The lowest BCUT2D eigenvalue weighted by Gasteiger charge is -2.30. The fraction of sp³-hybridized carbons (Fsp3) is 0.630. The number of nitrogens with one attached hydrogen (secondary N) is 2. The Balaban J connectivity index is 1.72.